The van der Waals surface area contributed by atoms with Gasteiger partial charge >= 0.3 is 6.09 Å². The first-order chi connectivity index (χ1) is 10.2. The summed E-state index contributed by atoms with van der Waals surface area (Å²) in [5.41, 5.74) is 1.41. The van der Waals surface area contributed by atoms with Crippen molar-refractivity contribution in [2.75, 3.05) is 13.1 Å². The highest BCUT2D eigenvalue weighted by molar-refractivity contribution is 5.68. The van der Waals surface area contributed by atoms with Gasteiger partial charge in [-0.25, -0.2) is 4.79 Å². The van der Waals surface area contributed by atoms with E-state index in [1.165, 1.54) is 0 Å². The van der Waals surface area contributed by atoms with Crippen LogP contribution in [0, 0.1) is 13.8 Å². The summed E-state index contributed by atoms with van der Waals surface area (Å²) in [6, 6.07) is 1.96. The smallest absolute Gasteiger partial charge is 0.410 e. The number of amides is 1. The molecule has 0 aromatic carbocycles. The van der Waals surface area contributed by atoms with Crippen LogP contribution in [0.4, 0.5) is 4.79 Å². The van der Waals surface area contributed by atoms with Crippen molar-refractivity contribution in [3.63, 3.8) is 0 Å². The average Bonchev–Trinajstić information content (AvgIpc) is 2.41. The molecule has 1 aliphatic rings. The highest BCUT2D eigenvalue weighted by Crippen LogP contribution is 2.21. The number of nitrogens with zero attached hydrogens (tertiary/aromatic N) is 3. The number of rotatable bonds is 2. The number of piperidine rings is 1. The Bertz CT molecular complexity index is 532. The molecule has 0 N–H and O–H groups in total. The van der Waals surface area contributed by atoms with Gasteiger partial charge in [-0.05, 0) is 40.7 Å². The minimum absolute atomic E-state index is 0.0643. The van der Waals surface area contributed by atoms with Gasteiger partial charge in [0.25, 0.3) is 0 Å². The summed E-state index contributed by atoms with van der Waals surface area (Å²) in [4.78, 5) is 13.7. The molecule has 1 fully saturated rings. The van der Waals surface area contributed by atoms with Crippen LogP contribution in [0.2, 0.25) is 0 Å². The molecule has 1 aliphatic heterocycles. The van der Waals surface area contributed by atoms with E-state index in [1.54, 1.807) is 4.90 Å². The van der Waals surface area contributed by atoms with Crippen LogP contribution in [0.25, 0.3) is 0 Å². The van der Waals surface area contributed by atoms with Gasteiger partial charge in [0.1, 0.15) is 11.7 Å². The second kappa shape index (κ2) is 6.50. The van der Waals surface area contributed by atoms with Gasteiger partial charge in [-0.2, -0.15) is 5.10 Å². The fraction of sp³-hybridized carbons (Fsp3) is 0.688. The Balaban J connectivity index is 1.86. The summed E-state index contributed by atoms with van der Waals surface area (Å²) < 4.78 is 11.3. The molecule has 2 rings (SSSR count). The van der Waals surface area contributed by atoms with E-state index in [9.17, 15) is 4.79 Å². The minimum Gasteiger partial charge on any atom is -0.473 e. The number of carbonyl (C=O) groups excluding carboxylic acids is 1. The van der Waals surface area contributed by atoms with Crippen LogP contribution in [0.5, 0.6) is 5.88 Å². The standard InChI is InChI=1S/C16H25N3O3/c1-11-10-12(2)17-18-14(11)21-13-6-8-19(9-7-13)15(20)22-16(3,4)5/h10,13H,6-9H2,1-5H3. The fourth-order valence-electron chi connectivity index (χ4n) is 2.36. The van der Waals surface area contributed by atoms with Crippen LogP contribution < -0.4 is 4.74 Å². The van der Waals surface area contributed by atoms with Crippen molar-refractivity contribution < 1.29 is 14.3 Å². The predicted octanol–water partition coefficient (Wildman–Crippen LogP) is 2.87. The number of hydrogen-bond acceptors (Lipinski definition) is 5. The quantitative estimate of drug-likeness (QED) is 0.840. The molecule has 0 bridgehead atoms. The maximum atomic E-state index is 12.0. The Morgan fingerprint density at radius 1 is 1.23 bits per heavy atom. The van der Waals surface area contributed by atoms with Gasteiger partial charge in [-0.1, -0.05) is 0 Å². The van der Waals surface area contributed by atoms with E-state index in [-0.39, 0.29) is 12.2 Å². The summed E-state index contributed by atoms with van der Waals surface area (Å²) in [5.74, 6) is 0.585. The third kappa shape index (κ3) is 4.58. The summed E-state index contributed by atoms with van der Waals surface area (Å²) in [5, 5.41) is 8.13. The molecule has 1 aromatic rings. The molecule has 0 aliphatic carbocycles. The Morgan fingerprint density at radius 3 is 2.41 bits per heavy atom. The summed E-state index contributed by atoms with van der Waals surface area (Å²) in [6.45, 7) is 10.8. The van der Waals surface area contributed by atoms with Crippen molar-refractivity contribution >= 4 is 6.09 Å². The van der Waals surface area contributed by atoms with E-state index in [0.29, 0.717) is 19.0 Å². The van der Waals surface area contributed by atoms with Crippen molar-refractivity contribution in [2.24, 2.45) is 0 Å². The van der Waals surface area contributed by atoms with E-state index in [1.807, 2.05) is 40.7 Å². The molecule has 0 atom stereocenters. The van der Waals surface area contributed by atoms with Crippen LogP contribution in [0.3, 0.4) is 0 Å². The van der Waals surface area contributed by atoms with Crippen LogP contribution in [0.1, 0.15) is 44.9 Å². The Kier molecular flexibility index (Phi) is 4.88. The van der Waals surface area contributed by atoms with E-state index in [0.717, 1.165) is 24.1 Å². The van der Waals surface area contributed by atoms with Gasteiger partial charge in [0, 0.05) is 31.5 Å². The average molecular weight is 307 g/mol. The number of hydrogen-bond donors (Lipinski definition) is 0. The normalized spacial score (nSPS) is 16.5. The zero-order valence-electron chi connectivity index (χ0n) is 14.0. The third-order valence-electron chi connectivity index (χ3n) is 3.43. The number of aromatic nitrogens is 2. The molecule has 0 radical (unpaired) electrons. The second-order valence-corrected chi connectivity index (χ2v) is 6.76. The third-order valence-corrected chi connectivity index (χ3v) is 3.43. The maximum absolute atomic E-state index is 12.0. The van der Waals surface area contributed by atoms with Gasteiger partial charge in [-0.15, -0.1) is 5.10 Å². The van der Waals surface area contributed by atoms with Crippen molar-refractivity contribution in [1.29, 1.82) is 0 Å². The first-order valence-corrected chi connectivity index (χ1v) is 7.70. The van der Waals surface area contributed by atoms with Crippen molar-refractivity contribution in [2.45, 2.75) is 59.2 Å². The molecule has 1 aromatic heterocycles. The Hall–Kier alpha value is -1.85. The number of carbonyl (C=O) groups is 1. The van der Waals surface area contributed by atoms with Gasteiger partial charge in [-0.3, -0.25) is 0 Å². The Labute approximate surface area is 131 Å². The van der Waals surface area contributed by atoms with E-state index in [4.69, 9.17) is 9.47 Å². The molecule has 6 heteroatoms. The van der Waals surface area contributed by atoms with Crippen molar-refractivity contribution in [1.82, 2.24) is 15.1 Å². The van der Waals surface area contributed by atoms with Crippen molar-refractivity contribution in [3.8, 4) is 5.88 Å². The lowest BCUT2D eigenvalue weighted by Crippen LogP contribution is -2.44. The monoisotopic (exact) mass is 307 g/mol. The van der Waals surface area contributed by atoms with Crippen LogP contribution >= 0.6 is 0 Å². The minimum atomic E-state index is -0.459. The molecule has 0 spiro atoms. The largest absolute Gasteiger partial charge is 0.473 e. The number of likely N-dealkylation sites (tertiary alicyclic amines) is 1. The highest BCUT2D eigenvalue weighted by atomic mass is 16.6. The van der Waals surface area contributed by atoms with Gasteiger partial charge in [0.15, 0.2) is 0 Å². The highest BCUT2D eigenvalue weighted by Gasteiger charge is 2.28. The van der Waals surface area contributed by atoms with Crippen molar-refractivity contribution in [3.05, 3.63) is 17.3 Å². The molecule has 122 valence electrons. The van der Waals surface area contributed by atoms with Crippen LogP contribution in [-0.4, -0.2) is 46.0 Å². The number of ether oxygens (including phenoxy) is 2. The fourth-order valence-corrected chi connectivity index (χ4v) is 2.36. The molecule has 22 heavy (non-hydrogen) atoms. The molecular formula is C16H25N3O3. The molecule has 6 nitrogen and oxygen atoms in total. The van der Waals surface area contributed by atoms with E-state index in [2.05, 4.69) is 10.2 Å². The molecule has 2 heterocycles. The number of aryl methyl sites for hydroxylation is 2. The Morgan fingerprint density at radius 2 is 1.86 bits per heavy atom. The molecular weight excluding hydrogens is 282 g/mol. The zero-order chi connectivity index (χ0) is 16.3. The summed E-state index contributed by atoms with van der Waals surface area (Å²) >= 11 is 0. The summed E-state index contributed by atoms with van der Waals surface area (Å²) in [7, 11) is 0. The first kappa shape index (κ1) is 16.5. The predicted molar refractivity (Wildman–Crippen MR) is 83.0 cm³/mol. The van der Waals surface area contributed by atoms with Gasteiger partial charge in [0.2, 0.25) is 5.88 Å². The SMILES string of the molecule is Cc1cc(C)c(OC2CCN(C(=O)OC(C)(C)C)CC2)nn1. The lowest BCUT2D eigenvalue weighted by Gasteiger charge is -2.33. The topological polar surface area (TPSA) is 64.5 Å². The zero-order valence-corrected chi connectivity index (χ0v) is 14.0. The van der Waals surface area contributed by atoms with Crippen LogP contribution in [0.15, 0.2) is 6.07 Å². The van der Waals surface area contributed by atoms with E-state index >= 15 is 0 Å². The van der Waals surface area contributed by atoms with Gasteiger partial charge in [0.05, 0.1) is 5.69 Å². The van der Waals surface area contributed by atoms with E-state index < -0.39 is 5.60 Å². The van der Waals surface area contributed by atoms with Gasteiger partial charge < -0.3 is 14.4 Å². The lowest BCUT2D eigenvalue weighted by atomic mass is 10.1. The summed E-state index contributed by atoms with van der Waals surface area (Å²) in [6.07, 6.45) is 1.36. The lowest BCUT2D eigenvalue weighted by molar-refractivity contribution is 0.0121. The molecule has 0 unspecified atom stereocenters. The maximum Gasteiger partial charge on any atom is 0.410 e. The molecule has 1 amide bonds. The second-order valence-electron chi connectivity index (χ2n) is 6.76. The first-order valence-electron chi connectivity index (χ1n) is 7.70. The van der Waals surface area contributed by atoms with Crippen LogP contribution in [-0.2, 0) is 4.74 Å². The molecule has 1 saturated heterocycles. The molecule has 0 saturated carbocycles.